The quantitative estimate of drug-likeness (QED) is 0.221. The van der Waals surface area contributed by atoms with Crippen LogP contribution in [0.1, 0.15) is 5.56 Å². The van der Waals surface area contributed by atoms with E-state index in [1.807, 2.05) is 24.3 Å². The van der Waals surface area contributed by atoms with Gasteiger partial charge in [0.1, 0.15) is 12.6 Å². The molecule has 0 bridgehead atoms. The molecule has 7 nitrogen and oxygen atoms in total. The highest BCUT2D eigenvalue weighted by molar-refractivity contribution is 7.98. The Morgan fingerprint density at radius 1 is 1.03 bits per heavy atom. The lowest BCUT2D eigenvalue weighted by Gasteiger charge is -2.28. The van der Waals surface area contributed by atoms with Crippen LogP contribution >= 0.6 is 11.8 Å². The Bertz CT molecular complexity index is 1290. The Labute approximate surface area is 184 Å². The number of anilines is 1. The summed E-state index contributed by atoms with van der Waals surface area (Å²) in [6.45, 7) is 0. The smallest absolute Gasteiger partial charge is 0.295 e. The molecular weight excluding hydrogens is 436 g/mol. The first-order chi connectivity index (χ1) is 14.7. The van der Waals surface area contributed by atoms with Crippen LogP contribution in [0.25, 0.3) is 11.0 Å². The molecular formula is C22H20N2O5S2. The Balaban J connectivity index is 1.55. The number of furan rings is 1. The fourth-order valence-electron chi connectivity index (χ4n) is 3.03. The first-order valence-corrected chi connectivity index (χ1v) is 11.8. The minimum atomic E-state index is -3.91. The third-order valence-electron chi connectivity index (χ3n) is 4.58. The summed E-state index contributed by atoms with van der Waals surface area (Å²) in [5.74, 6) is 0.483. The van der Waals surface area contributed by atoms with Crippen molar-refractivity contribution in [3.63, 3.8) is 0 Å². The summed E-state index contributed by atoms with van der Waals surface area (Å²) < 4.78 is 33.9. The van der Waals surface area contributed by atoms with Gasteiger partial charge in [0.2, 0.25) is 5.09 Å². The van der Waals surface area contributed by atoms with Crippen LogP contribution in [-0.4, -0.2) is 20.7 Å². The van der Waals surface area contributed by atoms with Crippen molar-refractivity contribution >= 4 is 44.1 Å². The monoisotopic (exact) mass is 456 g/mol. The number of hydrogen-bond acceptors (Lipinski definition) is 6. The lowest BCUT2D eigenvalue weighted by atomic mass is 10.2. The number of sulfonamides is 1. The largest absolute Gasteiger partial charge is 0.593 e. The van der Waals surface area contributed by atoms with Crippen molar-refractivity contribution in [3.05, 3.63) is 89.6 Å². The van der Waals surface area contributed by atoms with Crippen LogP contribution in [0, 0.1) is 5.21 Å². The van der Waals surface area contributed by atoms with Gasteiger partial charge >= 0.3 is 0 Å². The van der Waals surface area contributed by atoms with E-state index in [1.54, 1.807) is 48.5 Å². The van der Waals surface area contributed by atoms with E-state index < -0.39 is 14.8 Å². The van der Waals surface area contributed by atoms with Gasteiger partial charge in [0.15, 0.2) is 5.69 Å². The molecule has 160 valence electrons. The zero-order chi connectivity index (χ0) is 22.1. The molecule has 0 saturated carbocycles. The topological polar surface area (TPSA) is 103 Å². The molecule has 0 spiro atoms. The third-order valence-corrected chi connectivity index (χ3v) is 6.95. The van der Waals surface area contributed by atoms with Gasteiger partial charge in [-0.25, -0.2) is 5.21 Å². The van der Waals surface area contributed by atoms with Crippen molar-refractivity contribution in [1.82, 2.24) is 4.81 Å². The number of para-hydroxylation sites is 2. The Morgan fingerprint density at radius 2 is 1.77 bits per heavy atom. The van der Waals surface area contributed by atoms with Crippen LogP contribution in [-0.2, 0) is 15.8 Å². The highest BCUT2D eigenvalue weighted by Crippen LogP contribution is 2.33. The molecule has 3 aromatic carbocycles. The summed E-state index contributed by atoms with van der Waals surface area (Å²) >= 11 is 1.41. The molecule has 0 amide bonds. The van der Waals surface area contributed by atoms with Gasteiger partial charge < -0.3 is 9.62 Å². The molecule has 1 atom stereocenters. The number of hydrogen-bond donors (Lipinski definition) is 2. The normalized spacial score (nSPS) is 13.8. The van der Waals surface area contributed by atoms with Crippen LogP contribution in [0.2, 0.25) is 0 Å². The Morgan fingerprint density at radius 3 is 2.55 bits per heavy atom. The molecule has 1 aromatic heterocycles. The summed E-state index contributed by atoms with van der Waals surface area (Å²) in [6.07, 6.45) is 0. The highest BCUT2D eigenvalue weighted by atomic mass is 32.2. The van der Waals surface area contributed by atoms with Crippen molar-refractivity contribution in [1.29, 1.82) is 0 Å². The van der Waals surface area contributed by atoms with Gasteiger partial charge in [-0.05, 0) is 23.8 Å². The summed E-state index contributed by atoms with van der Waals surface area (Å²) in [4.78, 5) is -0.789. The van der Waals surface area contributed by atoms with E-state index >= 15 is 0 Å². The second kappa shape index (κ2) is 8.37. The summed E-state index contributed by atoms with van der Waals surface area (Å²) in [5, 5.41) is 21.9. The number of thioether (sulfide) groups is 1. The van der Waals surface area contributed by atoms with Gasteiger partial charge in [-0.2, -0.15) is 13.2 Å². The van der Waals surface area contributed by atoms with Gasteiger partial charge in [-0.3, -0.25) is 4.72 Å². The number of nitrogens with one attached hydrogen (secondary N) is 1. The van der Waals surface area contributed by atoms with Crippen LogP contribution in [0.4, 0.5) is 11.4 Å². The average molecular weight is 457 g/mol. The lowest BCUT2D eigenvalue weighted by Crippen LogP contribution is -2.33. The molecule has 0 aliphatic carbocycles. The zero-order valence-corrected chi connectivity index (χ0v) is 18.2. The first-order valence-electron chi connectivity index (χ1n) is 9.35. The predicted octanol–water partition coefficient (Wildman–Crippen LogP) is 5.35. The maximum Gasteiger partial charge on any atom is 0.295 e. The number of nitrogens with zero attached hydrogens (tertiary/aromatic N) is 1. The van der Waals surface area contributed by atoms with Gasteiger partial charge in [-0.1, -0.05) is 42.5 Å². The standard InChI is InChI=1S/C22H20N2O5S2/c1-24(25,26)18-9-6-7-16(13-18)15-30-21-12-5-3-10-19(21)23-31(27,28)22-14-17-8-2-4-11-20(17)29-22/h2-14,23,25H,15H2,1H3. The maximum atomic E-state index is 12.9. The van der Waals surface area contributed by atoms with Gasteiger partial charge in [-0.15, -0.1) is 11.8 Å². The number of benzene rings is 3. The number of rotatable bonds is 7. The summed E-state index contributed by atoms with van der Waals surface area (Å²) in [7, 11) is -2.78. The SMILES string of the molecule is C[N+]([O-])(O)c1cccc(CSc2ccccc2NS(=O)(=O)c2cc3ccccc3o2)c1. The number of quaternary nitrogens is 1. The molecule has 0 radical (unpaired) electrons. The molecule has 2 N–H and O–H groups in total. The summed E-state index contributed by atoms with van der Waals surface area (Å²) in [5.41, 5.74) is 1.97. The fourth-order valence-corrected chi connectivity index (χ4v) is 5.09. The fraction of sp³-hybridized carbons (Fsp3) is 0.0909. The molecule has 0 aliphatic heterocycles. The minimum Gasteiger partial charge on any atom is -0.593 e. The molecule has 31 heavy (non-hydrogen) atoms. The van der Waals surface area contributed by atoms with Crippen molar-refractivity contribution < 1.29 is 18.0 Å². The van der Waals surface area contributed by atoms with Crippen LogP contribution in [0.5, 0.6) is 0 Å². The Kier molecular flexibility index (Phi) is 5.78. The van der Waals surface area contributed by atoms with E-state index in [1.165, 1.54) is 17.8 Å². The van der Waals surface area contributed by atoms with Crippen LogP contribution in [0.15, 0.2) is 93.3 Å². The Hall–Kier alpha value is -2.82. The predicted molar refractivity (Wildman–Crippen MR) is 122 cm³/mol. The van der Waals surface area contributed by atoms with Gasteiger partial charge in [0, 0.05) is 34.2 Å². The highest BCUT2D eigenvalue weighted by Gasteiger charge is 2.21. The maximum absolute atomic E-state index is 12.9. The van der Waals surface area contributed by atoms with E-state index in [4.69, 9.17) is 4.42 Å². The second-order valence-electron chi connectivity index (χ2n) is 7.04. The van der Waals surface area contributed by atoms with Crippen LogP contribution in [0.3, 0.4) is 0 Å². The zero-order valence-electron chi connectivity index (χ0n) is 16.6. The third kappa shape index (κ3) is 4.92. The first kappa shape index (κ1) is 21.4. The van der Waals surface area contributed by atoms with E-state index in [9.17, 15) is 18.8 Å². The van der Waals surface area contributed by atoms with Crippen molar-refractivity contribution in [2.24, 2.45) is 0 Å². The van der Waals surface area contributed by atoms with Crippen molar-refractivity contribution in [3.8, 4) is 0 Å². The molecule has 0 saturated heterocycles. The molecule has 1 heterocycles. The summed E-state index contributed by atoms with van der Waals surface area (Å²) in [6, 6.07) is 22.4. The molecule has 0 fully saturated rings. The lowest BCUT2D eigenvalue weighted by molar-refractivity contribution is -0.00444. The van der Waals surface area contributed by atoms with Crippen LogP contribution < -0.4 is 9.53 Å². The minimum absolute atomic E-state index is 0.156. The van der Waals surface area contributed by atoms with E-state index in [-0.39, 0.29) is 10.8 Å². The molecule has 4 rings (SSSR count). The van der Waals surface area contributed by atoms with E-state index in [0.29, 0.717) is 22.4 Å². The van der Waals surface area contributed by atoms with E-state index in [0.717, 1.165) is 17.5 Å². The number of fused-ring (bicyclic) bond motifs is 1. The molecule has 9 heteroatoms. The number of hydroxylamine groups is 2. The molecule has 0 aliphatic rings. The van der Waals surface area contributed by atoms with Gasteiger partial charge in [0.05, 0.1) is 5.69 Å². The van der Waals surface area contributed by atoms with Crippen molar-refractivity contribution in [2.45, 2.75) is 15.7 Å². The second-order valence-corrected chi connectivity index (χ2v) is 9.67. The molecule has 4 aromatic rings. The van der Waals surface area contributed by atoms with E-state index in [2.05, 4.69) is 4.72 Å². The van der Waals surface area contributed by atoms with Crippen molar-refractivity contribution in [2.75, 3.05) is 11.8 Å². The average Bonchev–Trinajstić information content (AvgIpc) is 3.18. The van der Waals surface area contributed by atoms with Gasteiger partial charge in [0.25, 0.3) is 10.0 Å². The molecule has 1 unspecified atom stereocenters.